The number of rotatable bonds is 4. The van der Waals surface area contributed by atoms with Gasteiger partial charge in [-0.3, -0.25) is 19.7 Å². The molecule has 5 aliphatic rings. The van der Waals surface area contributed by atoms with Crippen LogP contribution in [0.15, 0.2) is 42.0 Å². The Labute approximate surface area is 263 Å². The predicted octanol–water partition coefficient (Wildman–Crippen LogP) is 8.99. The summed E-state index contributed by atoms with van der Waals surface area (Å²) in [5, 5.41) is 11.5. The second-order valence-electron chi connectivity index (χ2n) is 16.6. The summed E-state index contributed by atoms with van der Waals surface area (Å²) in [6, 6.07) is 6.64. The Morgan fingerprint density at radius 2 is 1.73 bits per heavy atom. The summed E-state index contributed by atoms with van der Waals surface area (Å²) in [6.07, 6.45) is 10.8. The molecule has 6 rings (SSSR count). The first kappa shape index (κ1) is 31.2. The van der Waals surface area contributed by atoms with E-state index in [1.807, 2.05) is 12.1 Å². The lowest BCUT2D eigenvalue weighted by molar-refractivity contribution is -0.384. The zero-order valence-electron chi connectivity index (χ0n) is 27.8. The number of carbonyl (C=O) groups excluding carboxylic acids is 2. The third kappa shape index (κ3) is 4.04. The largest absolute Gasteiger partial charge is 0.469 e. The Bertz CT molecular complexity index is 1460. The van der Waals surface area contributed by atoms with Gasteiger partial charge in [0.15, 0.2) is 5.78 Å². The van der Waals surface area contributed by atoms with Crippen molar-refractivity contribution in [2.75, 3.05) is 7.11 Å². The summed E-state index contributed by atoms with van der Waals surface area (Å²) in [5.74, 6) is 1.93. The maximum atomic E-state index is 14.1. The van der Waals surface area contributed by atoms with Gasteiger partial charge in [0.1, 0.15) is 0 Å². The SMILES string of the molecule is C=C(C)[C@@H]1CC[C@]2(C(=O)OC)CC[C@]3(C)[C@H](CC[C@@H]4[C@@]5(C)C/C(=C/c6cccc([N+](=O)[O-])c6)C(=O)C(C)(C)[C@H]5CC[C@]43C)[C@H]12. The van der Waals surface area contributed by atoms with Crippen molar-refractivity contribution in [3.63, 3.8) is 0 Å². The molecule has 6 heteroatoms. The highest BCUT2D eigenvalue weighted by Gasteiger charge is 2.72. The number of ketones is 1. The van der Waals surface area contributed by atoms with E-state index in [4.69, 9.17) is 4.74 Å². The number of fused-ring (bicyclic) bond motifs is 7. The standard InChI is InChI=1S/C38H51NO5/c1-23(2)27-14-17-38(33(41)44-8)19-18-36(6)28(31(27)38)12-13-30-35(5)22-25(20-24-10-9-11-26(21-24)39(42)43)32(40)34(3,4)29(35)15-16-37(30,36)7/h9-11,20-21,27-31H,1,12-19,22H2,2-8H3/b25-20-/t27-,28+,29+,30+,31-,35-,36+,37+,38-/m0/s1. The van der Waals surface area contributed by atoms with Crippen molar-refractivity contribution in [1.29, 1.82) is 0 Å². The van der Waals surface area contributed by atoms with E-state index in [2.05, 4.69) is 48.1 Å². The van der Waals surface area contributed by atoms with Crippen molar-refractivity contribution in [3.05, 3.63) is 57.7 Å². The molecule has 9 atom stereocenters. The van der Waals surface area contributed by atoms with Crippen LogP contribution in [0.1, 0.15) is 105 Å². The van der Waals surface area contributed by atoms with E-state index in [0.717, 1.165) is 56.9 Å². The number of non-ortho nitro benzene ring substituents is 1. The van der Waals surface area contributed by atoms with Crippen LogP contribution in [0.4, 0.5) is 5.69 Å². The topological polar surface area (TPSA) is 86.5 Å². The molecule has 0 bridgehead atoms. The molecular weight excluding hydrogens is 550 g/mol. The van der Waals surface area contributed by atoms with E-state index in [-0.39, 0.29) is 50.4 Å². The van der Waals surface area contributed by atoms with Crippen LogP contribution in [0.2, 0.25) is 0 Å². The van der Waals surface area contributed by atoms with Crippen molar-refractivity contribution < 1.29 is 19.2 Å². The Morgan fingerprint density at radius 1 is 1.00 bits per heavy atom. The number of nitro groups is 1. The molecule has 0 saturated heterocycles. The van der Waals surface area contributed by atoms with E-state index in [1.165, 1.54) is 11.6 Å². The van der Waals surface area contributed by atoms with Crippen molar-refractivity contribution in [2.24, 2.45) is 56.7 Å². The van der Waals surface area contributed by atoms with Crippen molar-refractivity contribution >= 4 is 23.5 Å². The van der Waals surface area contributed by atoms with E-state index in [0.29, 0.717) is 29.7 Å². The molecule has 0 N–H and O–H groups in total. The summed E-state index contributed by atoms with van der Waals surface area (Å²) in [6.45, 7) is 18.4. The lowest BCUT2D eigenvalue weighted by atomic mass is 9.32. The Balaban J connectivity index is 1.41. The summed E-state index contributed by atoms with van der Waals surface area (Å²) in [7, 11) is 1.56. The van der Waals surface area contributed by atoms with Crippen molar-refractivity contribution in [2.45, 2.75) is 99.3 Å². The highest BCUT2D eigenvalue weighted by Crippen LogP contribution is 2.77. The Morgan fingerprint density at radius 3 is 2.39 bits per heavy atom. The predicted molar refractivity (Wildman–Crippen MR) is 172 cm³/mol. The van der Waals surface area contributed by atoms with E-state index in [9.17, 15) is 19.7 Å². The monoisotopic (exact) mass is 601 g/mol. The third-order valence-corrected chi connectivity index (χ3v) is 14.7. The molecule has 44 heavy (non-hydrogen) atoms. The first-order chi connectivity index (χ1) is 20.6. The van der Waals surface area contributed by atoms with Gasteiger partial charge in [-0.1, -0.05) is 58.9 Å². The minimum atomic E-state index is -0.512. The highest BCUT2D eigenvalue weighted by atomic mass is 16.6. The summed E-state index contributed by atoms with van der Waals surface area (Å²) in [5.41, 5.74) is 1.91. The number of nitrogens with zero attached hydrogens (tertiary/aromatic N) is 1. The summed E-state index contributed by atoms with van der Waals surface area (Å²) in [4.78, 5) is 38.7. The zero-order valence-corrected chi connectivity index (χ0v) is 27.8. The van der Waals surface area contributed by atoms with Gasteiger partial charge in [-0.2, -0.15) is 0 Å². The fourth-order valence-corrected chi connectivity index (χ4v) is 12.6. The maximum Gasteiger partial charge on any atom is 0.312 e. The zero-order chi connectivity index (χ0) is 32.0. The summed E-state index contributed by atoms with van der Waals surface area (Å²) >= 11 is 0. The van der Waals surface area contributed by atoms with Gasteiger partial charge in [0.25, 0.3) is 5.69 Å². The maximum absolute atomic E-state index is 14.1. The molecule has 0 unspecified atom stereocenters. The number of hydrogen-bond acceptors (Lipinski definition) is 5. The van der Waals surface area contributed by atoms with E-state index < -0.39 is 10.8 Å². The minimum absolute atomic E-state index is 0.0142. The molecule has 6 nitrogen and oxygen atoms in total. The lowest BCUT2D eigenvalue weighted by Gasteiger charge is -2.72. The molecular formula is C38H51NO5. The smallest absolute Gasteiger partial charge is 0.312 e. The highest BCUT2D eigenvalue weighted by molar-refractivity contribution is 6.04. The molecule has 0 amide bonds. The van der Waals surface area contributed by atoms with Gasteiger partial charge in [0, 0.05) is 17.5 Å². The number of hydrogen-bond donors (Lipinski definition) is 0. The van der Waals surface area contributed by atoms with Crippen LogP contribution in [0, 0.1) is 66.8 Å². The Kier molecular flexibility index (Phi) is 7.18. The van der Waals surface area contributed by atoms with Crippen LogP contribution >= 0.6 is 0 Å². The number of allylic oxidation sites excluding steroid dienone is 2. The molecule has 0 spiro atoms. The van der Waals surface area contributed by atoms with Gasteiger partial charge in [0.2, 0.25) is 0 Å². The minimum Gasteiger partial charge on any atom is -0.469 e. The van der Waals surface area contributed by atoms with Crippen LogP contribution in [0.3, 0.4) is 0 Å². The van der Waals surface area contributed by atoms with Crippen molar-refractivity contribution in [1.82, 2.24) is 0 Å². The van der Waals surface area contributed by atoms with E-state index in [1.54, 1.807) is 19.2 Å². The normalized spacial score (nSPS) is 43.3. The molecule has 5 saturated carbocycles. The lowest BCUT2D eigenvalue weighted by Crippen LogP contribution is -2.67. The van der Waals surface area contributed by atoms with Crippen LogP contribution in [0.5, 0.6) is 0 Å². The second-order valence-corrected chi connectivity index (χ2v) is 16.6. The molecule has 5 aliphatic carbocycles. The molecule has 0 aromatic heterocycles. The average Bonchev–Trinajstić information content (AvgIpc) is 3.37. The molecule has 0 heterocycles. The van der Waals surface area contributed by atoms with Crippen LogP contribution in [0.25, 0.3) is 6.08 Å². The number of methoxy groups -OCH3 is 1. The van der Waals surface area contributed by atoms with Crippen LogP contribution < -0.4 is 0 Å². The number of nitro benzene ring substituents is 1. The number of carbonyl (C=O) groups is 2. The molecule has 5 fully saturated rings. The first-order valence-electron chi connectivity index (χ1n) is 16.8. The number of benzene rings is 1. The fraction of sp³-hybridized carbons (Fsp3) is 0.684. The molecule has 1 aromatic carbocycles. The first-order valence-corrected chi connectivity index (χ1v) is 16.8. The number of Topliss-reactive ketones (excluding diaryl/α,β-unsaturated/α-hetero) is 1. The summed E-state index contributed by atoms with van der Waals surface area (Å²) < 4.78 is 5.52. The van der Waals surface area contributed by atoms with Gasteiger partial charge in [0.05, 0.1) is 17.4 Å². The van der Waals surface area contributed by atoms with E-state index >= 15 is 0 Å². The number of ether oxygens (including phenoxy) is 1. The van der Waals surface area contributed by atoms with Gasteiger partial charge < -0.3 is 4.74 Å². The third-order valence-electron chi connectivity index (χ3n) is 14.7. The van der Waals surface area contributed by atoms with Gasteiger partial charge in [-0.25, -0.2) is 0 Å². The van der Waals surface area contributed by atoms with Crippen molar-refractivity contribution in [3.8, 4) is 0 Å². The molecule has 1 aromatic rings. The van der Waals surface area contributed by atoms with Gasteiger partial charge in [-0.15, -0.1) is 0 Å². The quantitative estimate of drug-likeness (QED) is 0.113. The fourth-order valence-electron chi connectivity index (χ4n) is 12.6. The molecule has 0 radical (unpaired) electrons. The molecule has 238 valence electrons. The van der Waals surface area contributed by atoms with Crippen LogP contribution in [-0.4, -0.2) is 23.8 Å². The second kappa shape index (κ2) is 10.1. The van der Waals surface area contributed by atoms with Crippen LogP contribution in [-0.2, 0) is 14.3 Å². The molecule has 0 aliphatic heterocycles. The van der Waals surface area contributed by atoms with Gasteiger partial charge in [-0.05, 0) is 128 Å². The average molecular weight is 602 g/mol. The number of esters is 1. The Hall–Kier alpha value is -2.76. The van der Waals surface area contributed by atoms with Gasteiger partial charge >= 0.3 is 5.97 Å².